The minimum atomic E-state index is -0.189. The summed E-state index contributed by atoms with van der Waals surface area (Å²) in [5, 5.41) is 7.45. The highest BCUT2D eigenvalue weighted by atomic mass is 35.5. The lowest BCUT2D eigenvalue weighted by atomic mass is 9.91. The molecular formula is C15H17ClN6O2. The van der Waals surface area contributed by atoms with Gasteiger partial charge in [0.25, 0.3) is 5.91 Å². The van der Waals surface area contributed by atoms with Gasteiger partial charge in [0.2, 0.25) is 5.82 Å². The van der Waals surface area contributed by atoms with Gasteiger partial charge >= 0.3 is 0 Å². The smallest absolute Gasteiger partial charge is 0.291 e. The average molecular weight is 349 g/mol. The van der Waals surface area contributed by atoms with E-state index in [4.69, 9.17) is 16.3 Å². The van der Waals surface area contributed by atoms with Crippen molar-refractivity contribution < 1.29 is 9.53 Å². The number of aromatic nitrogens is 5. The van der Waals surface area contributed by atoms with Crippen molar-refractivity contribution in [3.8, 4) is 0 Å². The number of carbonyl (C=O) groups excluding carboxylic acids is 1. The second kappa shape index (κ2) is 6.10. The second-order valence-electron chi connectivity index (χ2n) is 6.20. The van der Waals surface area contributed by atoms with Crippen molar-refractivity contribution >= 4 is 17.5 Å². The van der Waals surface area contributed by atoms with Crippen molar-refractivity contribution in [2.75, 3.05) is 13.1 Å². The van der Waals surface area contributed by atoms with Crippen LogP contribution in [0.25, 0.3) is 0 Å². The predicted octanol–water partition coefficient (Wildman–Crippen LogP) is 1.55. The summed E-state index contributed by atoms with van der Waals surface area (Å²) in [5.74, 6) is 1.87. The summed E-state index contributed by atoms with van der Waals surface area (Å²) in [7, 11) is 0. The Kier molecular flexibility index (Phi) is 3.93. The van der Waals surface area contributed by atoms with E-state index < -0.39 is 0 Å². The molecule has 1 unspecified atom stereocenters. The van der Waals surface area contributed by atoms with Crippen LogP contribution in [0.15, 0.2) is 12.4 Å². The molecule has 2 fully saturated rings. The van der Waals surface area contributed by atoms with Gasteiger partial charge in [-0.25, -0.2) is 15.0 Å². The summed E-state index contributed by atoms with van der Waals surface area (Å²) < 4.78 is 6.10. The molecule has 24 heavy (non-hydrogen) atoms. The second-order valence-corrected chi connectivity index (χ2v) is 6.64. The fraction of sp³-hybridized carbons (Fsp3) is 0.533. The molecule has 2 aromatic rings. The molecule has 4 rings (SSSR count). The van der Waals surface area contributed by atoms with Gasteiger partial charge < -0.3 is 9.64 Å². The lowest BCUT2D eigenvalue weighted by molar-refractivity contribution is -0.00715. The van der Waals surface area contributed by atoms with Gasteiger partial charge in [0.1, 0.15) is 11.9 Å². The summed E-state index contributed by atoms with van der Waals surface area (Å²) in [4.78, 5) is 26.6. The first-order valence-electron chi connectivity index (χ1n) is 7.91. The highest BCUT2D eigenvalue weighted by Crippen LogP contribution is 2.40. The molecule has 3 atom stereocenters. The molecule has 0 spiro atoms. The standard InChI is InChI=1S/C15H17ClN6O2/c1-8-19-13(21-20-8)11-4-9-2-3-22(7-12(9)24-11)15(23)14-17-5-10(16)6-18-14/h5-6,9,11-12H,2-4,7H2,1H3,(H,19,20,21)/t9?,11-,12-/m1/s1. The van der Waals surface area contributed by atoms with Gasteiger partial charge in [0, 0.05) is 25.5 Å². The number of nitrogens with one attached hydrogen (secondary N) is 1. The number of carbonyl (C=O) groups is 1. The van der Waals surface area contributed by atoms with E-state index >= 15 is 0 Å². The lowest BCUT2D eigenvalue weighted by Gasteiger charge is -2.33. The topological polar surface area (TPSA) is 96.9 Å². The van der Waals surface area contributed by atoms with Gasteiger partial charge in [-0.15, -0.1) is 0 Å². The maximum absolute atomic E-state index is 12.5. The minimum Gasteiger partial charge on any atom is -0.365 e. The molecule has 4 heterocycles. The molecular weight excluding hydrogens is 332 g/mol. The first-order chi connectivity index (χ1) is 11.6. The Morgan fingerprint density at radius 3 is 2.92 bits per heavy atom. The number of hydrogen-bond acceptors (Lipinski definition) is 6. The number of hydrogen-bond donors (Lipinski definition) is 1. The van der Waals surface area contributed by atoms with Gasteiger partial charge in [0.05, 0.1) is 11.1 Å². The number of nitrogens with zero attached hydrogens (tertiary/aromatic N) is 5. The van der Waals surface area contributed by atoms with Gasteiger partial charge in [-0.1, -0.05) is 11.6 Å². The van der Waals surface area contributed by atoms with Crippen LogP contribution in [0.4, 0.5) is 0 Å². The van der Waals surface area contributed by atoms with Crippen LogP contribution in [0.2, 0.25) is 5.02 Å². The largest absolute Gasteiger partial charge is 0.365 e. The number of amides is 1. The fourth-order valence-corrected chi connectivity index (χ4v) is 3.45. The number of likely N-dealkylation sites (tertiary alicyclic amines) is 1. The number of aryl methyl sites for hydroxylation is 1. The molecule has 0 radical (unpaired) electrons. The van der Waals surface area contributed by atoms with Crippen molar-refractivity contribution in [1.82, 2.24) is 30.0 Å². The van der Waals surface area contributed by atoms with Crippen LogP contribution in [0, 0.1) is 12.8 Å². The summed E-state index contributed by atoms with van der Waals surface area (Å²) in [6.45, 7) is 3.08. The molecule has 9 heteroatoms. The Labute approximate surface area is 143 Å². The zero-order chi connectivity index (χ0) is 16.7. The van der Waals surface area contributed by atoms with Gasteiger partial charge in [-0.2, -0.15) is 5.10 Å². The first-order valence-corrected chi connectivity index (χ1v) is 8.29. The number of fused-ring (bicyclic) bond motifs is 1. The molecule has 1 amide bonds. The quantitative estimate of drug-likeness (QED) is 0.884. The molecule has 0 aromatic carbocycles. The Balaban J connectivity index is 1.44. The van der Waals surface area contributed by atoms with Gasteiger partial charge in [-0.05, 0) is 25.7 Å². The SMILES string of the molecule is Cc1nc([C@H]2CC3CCN(C(=O)c4ncc(Cl)cn4)C[C@H]3O2)n[nH]1. The highest BCUT2D eigenvalue weighted by Gasteiger charge is 2.42. The van der Waals surface area contributed by atoms with Crippen molar-refractivity contribution in [3.63, 3.8) is 0 Å². The molecule has 1 N–H and O–H groups in total. The third-order valence-corrected chi connectivity index (χ3v) is 4.75. The fourth-order valence-electron chi connectivity index (χ4n) is 3.35. The van der Waals surface area contributed by atoms with E-state index in [9.17, 15) is 4.79 Å². The van der Waals surface area contributed by atoms with E-state index in [1.54, 1.807) is 4.90 Å². The summed E-state index contributed by atoms with van der Waals surface area (Å²) in [6.07, 6.45) is 4.54. The number of H-pyrrole nitrogens is 1. The minimum absolute atomic E-state index is 0.00111. The van der Waals surface area contributed by atoms with Gasteiger partial charge in [-0.3, -0.25) is 9.89 Å². The molecule has 8 nitrogen and oxygen atoms in total. The van der Waals surface area contributed by atoms with E-state index in [1.165, 1.54) is 12.4 Å². The van der Waals surface area contributed by atoms with Crippen LogP contribution in [0.1, 0.15) is 41.2 Å². The first kappa shape index (κ1) is 15.5. The van der Waals surface area contributed by atoms with Crippen LogP contribution in [0.3, 0.4) is 0 Å². The number of halogens is 1. The molecule has 2 saturated heterocycles. The Hall–Kier alpha value is -2.06. The van der Waals surface area contributed by atoms with Crippen molar-refractivity contribution in [1.29, 1.82) is 0 Å². The van der Waals surface area contributed by atoms with E-state index in [1.807, 2.05) is 6.92 Å². The predicted molar refractivity (Wildman–Crippen MR) is 84.4 cm³/mol. The maximum Gasteiger partial charge on any atom is 0.291 e. The van der Waals surface area contributed by atoms with Crippen LogP contribution < -0.4 is 0 Å². The monoisotopic (exact) mass is 348 g/mol. The maximum atomic E-state index is 12.5. The molecule has 0 saturated carbocycles. The zero-order valence-corrected chi connectivity index (χ0v) is 13.9. The van der Waals surface area contributed by atoms with Gasteiger partial charge in [0.15, 0.2) is 5.82 Å². The van der Waals surface area contributed by atoms with E-state index in [0.717, 1.165) is 18.7 Å². The molecule has 0 bridgehead atoms. The molecule has 2 aliphatic rings. The number of ether oxygens (including phenoxy) is 1. The highest BCUT2D eigenvalue weighted by molar-refractivity contribution is 6.30. The molecule has 2 aliphatic heterocycles. The number of aromatic amines is 1. The zero-order valence-electron chi connectivity index (χ0n) is 13.1. The molecule has 126 valence electrons. The summed E-state index contributed by atoms with van der Waals surface area (Å²) in [6, 6.07) is 0. The number of rotatable bonds is 2. The Bertz CT molecular complexity index is 749. The Morgan fingerprint density at radius 2 is 2.21 bits per heavy atom. The lowest BCUT2D eigenvalue weighted by Crippen LogP contribution is -2.45. The van der Waals surface area contributed by atoms with Crippen LogP contribution in [0.5, 0.6) is 0 Å². The average Bonchev–Trinajstić information content (AvgIpc) is 3.20. The molecule has 2 aromatic heterocycles. The van der Waals surface area contributed by atoms with Crippen LogP contribution in [-0.4, -0.2) is 55.1 Å². The third-order valence-electron chi connectivity index (χ3n) is 4.55. The number of piperidine rings is 1. The van der Waals surface area contributed by atoms with Crippen LogP contribution >= 0.6 is 11.6 Å². The van der Waals surface area contributed by atoms with Crippen molar-refractivity contribution in [3.05, 3.63) is 34.9 Å². The Morgan fingerprint density at radius 1 is 1.42 bits per heavy atom. The normalized spacial score (nSPS) is 26.4. The van der Waals surface area contributed by atoms with E-state index in [2.05, 4.69) is 25.1 Å². The van der Waals surface area contributed by atoms with Crippen LogP contribution in [-0.2, 0) is 4.74 Å². The molecule has 0 aliphatic carbocycles. The van der Waals surface area contributed by atoms with Crippen molar-refractivity contribution in [2.45, 2.75) is 32.0 Å². The summed E-state index contributed by atoms with van der Waals surface area (Å²) >= 11 is 5.77. The van der Waals surface area contributed by atoms with Crippen molar-refractivity contribution in [2.24, 2.45) is 5.92 Å². The van der Waals surface area contributed by atoms with E-state index in [-0.39, 0.29) is 23.9 Å². The van der Waals surface area contributed by atoms with E-state index in [0.29, 0.717) is 29.9 Å². The summed E-state index contributed by atoms with van der Waals surface area (Å²) in [5.41, 5.74) is 0. The third kappa shape index (κ3) is 2.87.